The van der Waals surface area contributed by atoms with E-state index in [-0.39, 0.29) is 10.8 Å². The average Bonchev–Trinajstić information content (AvgIpc) is 3.31. The normalized spacial score (nSPS) is 14.5. The Bertz CT molecular complexity index is 1070. The van der Waals surface area contributed by atoms with Gasteiger partial charge in [0.05, 0.1) is 13.6 Å². The molecule has 0 bridgehead atoms. The van der Waals surface area contributed by atoms with E-state index in [0.29, 0.717) is 0 Å². The van der Waals surface area contributed by atoms with Crippen molar-refractivity contribution >= 4 is 51.8 Å². The van der Waals surface area contributed by atoms with Crippen LogP contribution >= 0.6 is 46.1 Å². The second-order valence-corrected chi connectivity index (χ2v) is 9.22. The quantitative estimate of drug-likeness (QED) is 0.290. The van der Waals surface area contributed by atoms with E-state index >= 15 is 0 Å². The molecule has 4 rings (SSSR count). The lowest BCUT2D eigenvalue weighted by Gasteiger charge is -2.20. The highest BCUT2D eigenvalue weighted by Gasteiger charge is 2.34. The molecule has 1 aliphatic rings. The van der Waals surface area contributed by atoms with Crippen LogP contribution in [0.4, 0.5) is 18.9 Å². The van der Waals surface area contributed by atoms with Crippen molar-refractivity contribution in [2.75, 3.05) is 10.8 Å². The summed E-state index contributed by atoms with van der Waals surface area (Å²) in [5.41, 5.74) is 1.73. The molecule has 1 aromatic carbocycles. The summed E-state index contributed by atoms with van der Waals surface area (Å²) < 4.78 is 42.7. The molecule has 144 valence electrons. The van der Waals surface area contributed by atoms with Crippen molar-refractivity contribution in [2.45, 2.75) is 6.18 Å². The lowest BCUT2D eigenvalue weighted by molar-refractivity contribution is -0.141. The molecule has 0 spiro atoms. The van der Waals surface area contributed by atoms with Crippen LogP contribution in [-0.4, -0.2) is 21.3 Å². The van der Waals surface area contributed by atoms with Crippen molar-refractivity contribution in [3.8, 4) is 16.9 Å². The van der Waals surface area contributed by atoms with E-state index in [0.717, 1.165) is 34.1 Å². The number of aromatic nitrogens is 3. The van der Waals surface area contributed by atoms with Gasteiger partial charge in [-0.05, 0) is 58.8 Å². The van der Waals surface area contributed by atoms with Gasteiger partial charge < -0.3 is 4.31 Å². The van der Waals surface area contributed by atoms with E-state index < -0.39 is 11.9 Å². The van der Waals surface area contributed by atoms with Gasteiger partial charge in [0.25, 0.3) is 0 Å². The Kier molecular flexibility index (Phi) is 5.32. The van der Waals surface area contributed by atoms with Gasteiger partial charge in [-0.1, -0.05) is 29.8 Å². The van der Waals surface area contributed by atoms with Crippen LogP contribution < -0.4 is 4.31 Å². The van der Waals surface area contributed by atoms with Crippen molar-refractivity contribution < 1.29 is 13.2 Å². The minimum atomic E-state index is -4.52. The predicted octanol–water partition coefficient (Wildman–Crippen LogP) is 6.35. The molecular weight excluding hydrogens is 524 g/mol. The fraction of sp³-hybridized carbons (Fsp3) is 0.111. The molecular formula is C18H11ClF3IN4S. The highest BCUT2D eigenvalue weighted by molar-refractivity contribution is 14.1. The van der Waals surface area contributed by atoms with E-state index in [4.69, 9.17) is 11.6 Å². The largest absolute Gasteiger partial charge is 0.435 e. The molecule has 0 amide bonds. The molecule has 0 unspecified atom stereocenters. The topological polar surface area (TPSA) is 34.0 Å². The zero-order valence-electron chi connectivity index (χ0n) is 14.0. The van der Waals surface area contributed by atoms with Gasteiger partial charge in [0, 0.05) is 30.1 Å². The lowest BCUT2D eigenvalue weighted by atomic mass is 10.1. The van der Waals surface area contributed by atoms with Gasteiger partial charge in [0.15, 0.2) is 11.5 Å². The molecule has 1 aliphatic heterocycles. The molecule has 0 saturated heterocycles. The zero-order valence-corrected chi connectivity index (χ0v) is 17.7. The Morgan fingerprint density at radius 3 is 2.61 bits per heavy atom. The highest BCUT2D eigenvalue weighted by atomic mass is 127. The van der Waals surface area contributed by atoms with Gasteiger partial charge >= 0.3 is 6.18 Å². The molecule has 4 nitrogen and oxygen atoms in total. The first-order valence-corrected chi connectivity index (χ1v) is 10.3. The predicted molar refractivity (Wildman–Crippen MR) is 114 cm³/mol. The maximum Gasteiger partial charge on any atom is 0.435 e. The maximum absolute atomic E-state index is 12.8. The average molecular weight is 535 g/mol. The van der Waals surface area contributed by atoms with E-state index in [2.05, 4.69) is 43.1 Å². The van der Waals surface area contributed by atoms with Gasteiger partial charge in [0.2, 0.25) is 0 Å². The second-order valence-electron chi connectivity index (χ2n) is 5.85. The summed E-state index contributed by atoms with van der Waals surface area (Å²) in [6.45, 7) is 0.784. The summed E-state index contributed by atoms with van der Waals surface area (Å²) in [6.07, 6.45) is 0.398. The fourth-order valence-electron chi connectivity index (χ4n) is 2.76. The molecule has 28 heavy (non-hydrogen) atoms. The number of hydrogen-bond donors (Lipinski definition) is 0. The fourth-order valence-corrected chi connectivity index (χ4v) is 4.69. The van der Waals surface area contributed by atoms with Crippen LogP contribution in [0.2, 0.25) is 5.02 Å². The smallest absolute Gasteiger partial charge is 0.307 e. The van der Waals surface area contributed by atoms with Crippen LogP contribution in [0.3, 0.4) is 0 Å². The number of pyridine rings is 1. The molecule has 10 heteroatoms. The SMILES string of the molecule is FC(F)(F)c1ccn(-c2ncc(-c3ccccc3N3CC=C(I)S3)cc2Cl)n1. The van der Waals surface area contributed by atoms with Gasteiger partial charge in [-0.15, -0.1) is 0 Å². The number of halogens is 5. The van der Waals surface area contributed by atoms with Crippen molar-refractivity contribution in [3.05, 3.63) is 68.5 Å². The summed E-state index contributed by atoms with van der Waals surface area (Å²) in [6, 6.07) is 10.4. The third-order valence-corrected chi connectivity index (χ3v) is 6.23. The minimum Gasteiger partial charge on any atom is -0.307 e. The first-order chi connectivity index (χ1) is 13.3. The number of rotatable bonds is 3. The molecule has 2 aromatic heterocycles. The van der Waals surface area contributed by atoms with Crippen molar-refractivity contribution in [1.82, 2.24) is 14.8 Å². The molecule has 0 radical (unpaired) electrons. The van der Waals surface area contributed by atoms with Crippen LogP contribution in [0.25, 0.3) is 16.9 Å². The molecule has 0 N–H and O–H groups in total. The Hall–Kier alpha value is -1.72. The summed E-state index contributed by atoms with van der Waals surface area (Å²) in [5, 5.41) is 3.74. The standard InChI is InChI=1S/C18H11ClF3IN4S/c19-13-9-11(10-24-17(13)26-7-5-15(25-26)18(20,21)22)12-3-1-2-4-14(12)27-8-6-16(23)28-27/h1-7,9-10H,8H2. The molecule has 3 aromatic rings. The third kappa shape index (κ3) is 3.87. The minimum absolute atomic E-state index is 0.144. The van der Waals surface area contributed by atoms with Crippen LogP contribution in [0.15, 0.2) is 57.8 Å². The van der Waals surface area contributed by atoms with Crippen molar-refractivity contribution in [3.63, 3.8) is 0 Å². The Morgan fingerprint density at radius 2 is 1.96 bits per heavy atom. The number of alkyl halides is 3. The van der Waals surface area contributed by atoms with E-state index in [9.17, 15) is 13.2 Å². The first-order valence-electron chi connectivity index (χ1n) is 8.02. The van der Waals surface area contributed by atoms with Gasteiger partial charge in [-0.25, -0.2) is 9.67 Å². The van der Waals surface area contributed by atoms with Crippen molar-refractivity contribution in [2.24, 2.45) is 0 Å². The molecule has 3 heterocycles. The summed E-state index contributed by atoms with van der Waals surface area (Å²) in [7, 11) is 0. The molecule has 0 atom stereocenters. The van der Waals surface area contributed by atoms with Gasteiger partial charge in [0.1, 0.15) is 0 Å². The molecule has 0 aliphatic carbocycles. The molecule has 0 saturated carbocycles. The summed E-state index contributed by atoms with van der Waals surface area (Å²) >= 11 is 10.3. The van der Waals surface area contributed by atoms with Crippen molar-refractivity contribution in [1.29, 1.82) is 0 Å². The Labute approximate surface area is 181 Å². The third-order valence-electron chi connectivity index (χ3n) is 4.02. The number of nitrogens with zero attached hydrogens (tertiary/aromatic N) is 4. The summed E-state index contributed by atoms with van der Waals surface area (Å²) in [4.78, 5) is 4.26. The second kappa shape index (κ2) is 7.60. The van der Waals surface area contributed by atoms with E-state index in [1.54, 1.807) is 24.2 Å². The maximum atomic E-state index is 12.8. The van der Waals surface area contributed by atoms with E-state index in [1.807, 2.05) is 24.3 Å². The monoisotopic (exact) mass is 534 g/mol. The van der Waals surface area contributed by atoms with Crippen LogP contribution in [-0.2, 0) is 6.18 Å². The van der Waals surface area contributed by atoms with Gasteiger partial charge in [-0.2, -0.15) is 18.3 Å². The molecule has 0 fully saturated rings. The zero-order chi connectivity index (χ0) is 19.9. The number of benzene rings is 1. The van der Waals surface area contributed by atoms with Gasteiger partial charge in [-0.3, -0.25) is 0 Å². The number of hydrogen-bond acceptors (Lipinski definition) is 4. The Morgan fingerprint density at radius 1 is 1.18 bits per heavy atom. The Balaban J connectivity index is 1.69. The first kappa shape index (κ1) is 19.6. The lowest BCUT2D eigenvalue weighted by Crippen LogP contribution is -2.10. The summed E-state index contributed by atoms with van der Waals surface area (Å²) in [5.74, 6) is 0.144. The van der Waals surface area contributed by atoms with E-state index in [1.165, 1.54) is 9.11 Å². The van der Waals surface area contributed by atoms with Crippen LogP contribution in [0.1, 0.15) is 5.69 Å². The highest BCUT2D eigenvalue weighted by Crippen LogP contribution is 2.41. The number of anilines is 1. The number of para-hydroxylation sites is 1. The van der Waals surface area contributed by atoms with Crippen LogP contribution in [0, 0.1) is 0 Å². The van der Waals surface area contributed by atoms with Crippen LogP contribution in [0.5, 0.6) is 0 Å².